The Kier molecular flexibility index (Phi) is 6.63. The number of carboxylic acid groups (broad SMARTS) is 1. The summed E-state index contributed by atoms with van der Waals surface area (Å²) in [5.74, 6) is -0.0805. The number of hydrogen-bond donors (Lipinski definition) is 2. The van der Waals surface area contributed by atoms with E-state index in [1.165, 1.54) is 0 Å². The van der Waals surface area contributed by atoms with E-state index in [9.17, 15) is 4.79 Å². The lowest BCUT2D eigenvalue weighted by Gasteiger charge is -2.12. The Morgan fingerprint density at radius 2 is 1.96 bits per heavy atom. The highest BCUT2D eigenvalue weighted by Crippen LogP contribution is 2.18. The molecular weight excluding hydrogens is 304 g/mol. The van der Waals surface area contributed by atoms with E-state index < -0.39 is 5.97 Å². The van der Waals surface area contributed by atoms with Gasteiger partial charge in [0.05, 0.1) is 12.2 Å². The van der Waals surface area contributed by atoms with Crippen LogP contribution in [0.2, 0.25) is 0 Å². The maximum atomic E-state index is 11.0. The van der Waals surface area contributed by atoms with Gasteiger partial charge in [0.1, 0.15) is 5.75 Å². The molecule has 0 radical (unpaired) electrons. The van der Waals surface area contributed by atoms with Crippen molar-refractivity contribution in [1.29, 1.82) is 0 Å². The Morgan fingerprint density at radius 1 is 1.17 bits per heavy atom. The molecule has 5 nitrogen and oxygen atoms in total. The number of anilines is 1. The van der Waals surface area contributed by atoms with Gasteiger partial charge in [-0.05, 0) is 50.3 Å². The highest BCUT2D eigenvalue weighted by atomic mass is 16.5. The minimum absolute atomic E-state index is 0.298. The van der Waals surface area contributed by atoms with Gasteiger partial charge in [-0.15, -0.1) is 0 Å². The third kappa shape index (κ3) is 5.93. The molecule has 2 rings (SSSR count). The van der Waals surface area contributed by atoms with Crippen molar-refractivity contribution in [3.8, 4) is 5.75 Å². The van der Waals surface area contributed by atoms with E-state index in [2.05, 4.69) is 10.2 Å². The minimum atomic E-state index is -0.912. The number of carbonyl (C=O) groups is 1. The quantitative estimate of drug-likeness (QED) is 0.691. The van der Waals surface area contributed by atoms with E-state index in [0.29, 0.717) is 18.7 Å². The second-order valence-corrected chi connectivity index (χ2v) is 5.89. The third-order valence-corrected chi connectivity index (χ3v) is 3.52. The van der Waals surface area contributed by atoms with Gasteiger partial charge in [-0.3, -0.25) is 0 Å². The summed E-state index contributed by atoms with van der Waals surface area (Å²) in [4.78, 5) is 13.1. The van der Waals surface area contributed by atoms with Crippen molar-refractivity contribution in [3.05, 3.63) is 59.7 Å². The first kappa shape index (κ1) is 17.8. The van der Waals surface area contributed by atoms with Crippen molar-refractivity contribution in [1.82, 2.24) is 4.90 Å². The first-order valence-electron chi connectivity index (χ1n) is 7.98. The number of rotatable bonds is 9. The van der Waals surface area contributed by atoms with Crippen molar-refractivity contribution in [2.45, 2.75) is 13.0 Å². The number of nitrogens with one attached hydrogen (secondary N) is 1. The molecule has 0 aliphatic carbocycles. The van der Waals surface area contributed by atoms with Crippen LogP contribution in [0.1, 0.15) is 22.3 Å². The molecule has 0 amide bonds. The van der Waals surface area contributed by atoms with Crippen LogP contribution in [-0.4, -0.2) is 43.2 Å². The van der Waals surface area contributed by atoms with Crippen LogP contribution in [0.25, 0.3) is 0 Å². The first-order chi connectivity index (χ1) is 11.5. The topological polar surface area (TPSA) is 61.8 Å². The lowest BCUT2D eigenvalue weighted by Crippen LogP contribution is -2.15. The zero-order valence-electron chi connectivity index (χ0n) is 14.2. The van der Waals surface area contributed by atoms with Gasteiger partial charge < -0.3 is 20.1 Å². The highest BCUT2D eigenvalue weighted by Gasteiger charge is 2.03. The molecule has 0 atom stereocenters. The predicted molar refractivity (Wildman–Crippen MR) is 95.8 cm³/mol. The Morgan fingerprint density at radius 3 is 2.71 bits per heavy atom. The minimum Gasteiger partial charge on any atom is -0.493 e. The third-order valence-electron chi connectivity index (χ3n) is 3.52. The second-order valence-electron chi connectivity index (χ2n) is 5.89. The van der Waals surface area contributed by atoms with Crippen LogP contribution >= 0.6 is 0 Å². The van der Waals surface area contributed by atoms with Gasteiger partial charge in [0.2, 0.25) is 0 Å². The number of nitrogens with zero attached hydrogens (tertiary/aromatic N) is 1. The summed E-state index contributed by atoms with van der Waals surface area (Å²) in [6.45, 7) is 2.24. The van der Waals surface area contributed by atoms with Crippen molar-refractivity contribution < 1.29 is 14.6 Å². The molecule has 5 heteroatoms. The van der Waals surface area contributed by atoms with Crippen molar-refractivity contribution in [3.63, 3.8) is 0 Å². The lowest BCUT2D eigenvalue weighted by atomic mass is 10.1. The molecule has 0 aliphatic rings. The fraction of sp³-hybridized carbons (Fsp3) is 0.316. The number of ether oxygens (including phenoxy) is 1. The maximum Gasteiger partial charge on any atom is 0.335 e. The molecule has 2 aromatic rings. The summed E-state index contributed by atoms with van der Waals surface area (Å²) in [7, 11) is 4.09. The molecule has 0 saturated carbocycles. The molecule has 128 valence electrons. The Hall–Kier alpha value is -2.53. The fourth-order valence-electron chi connectivity index (χ4n) is 2.29. The van der Waals surface area contributed by atoms with Gasteiger partial charge in [0.15, 0.2) is 0 Å². The SMILES string of the molecule is CN(C)CCCOc1cccc(NCc2cccc(C(=O)O)c2)c1. The smallest absolute Gasteiger partial charge is 0.335 e. The Bertz CT molecular complexity index is 671. The van der Waals surface area contributed by atoms with E-state index in [0.717, 1.165) is 30.0 Å². The van der Waals surface area contributed by atoms with E-state index in [1.807, 2.05) is 44.4 Å². The van der Waals surface area contributed by atoms with Crippen molar-refractivity contribution in [2.75, 3.05) is 32.6 Å². The average Bonchev–Trinajstić information content (AvgIpc) is 2.57. The zero-order valence-corrected chi connectivity index (χ0v) is 14.2. The van der Waals surface area contributed by atoms with Gasteiger partial charge in [-0.1, -0.05) is 18.2 Å². The average molecular weight is 328 g/mol. The van der Waals surface area contributed by atoms with Crippen LogP contribution in [0.4, 0.5) is 5.69 Å². The maximum absolute atomic E-state index is 11.0. The van der Waals surface area contributed by atoms with Gasteiger partial charge in [-0.2, -0.15) is 0 Å². The van der Waals surface area contributed by atoms with E-state index >= 15 is 0 Å². The molecule has 0 spiro atoms. The molecule has 0 aromatic heterocycles. The van der Waals surface area contributed by atoms with E-state index in [4.69, 9.17) is 9.84 Å². The van der Waals surface area contributed by atoms with Gasteiger partial charge in [-0.25, -0.2) is 4.79 Å². The molecule has 24 heavy (non-hydrogen) atoms. The van der Waals surface area contributed by atoms with E-state index in [-0.39, 0.29) is 0 Å². The molecule has 0 aliphatic heterocycles. The number of carboxylic acids is 1. The van der Waals surface area contributed by atoms with Gasteiger partial charge in [0, 0.05) is 24.8 Å². The molecule has 0 unspecified atom stereocenters. The standard InChI is InChI=1S/C19H24N2O3/c1-21(2)10-5-11-24-18-9-4-8-17(13-18)20-14-15-6-3-7-16(12-15)19(22)23/h3-4,6-9,12-13,20H,5,10-11,14H2,1-2H3,(H,22,23). The zero-order chi connectivity index (χ0) is 17.4. The molecule has 2 N–H and O–H groups in total. The summed E-state index contributed by atoms with van der Waals surface area (Å²) in [6, 6.07) is 14.7. The van der Waals surface area contributed by atoms with Crippen LogP contribution in [0.15, 0.2) is 48.5 Å². The molecule has 2 aromatic carbocycles. The predicted octanol–water partition coefficient (Wildman–Crippen LogP) is 3.33. The highest BCUT2D eigenvalue weighted by molar-refractivity contribution is 5.87. The summed E-state index contributed by atoms with van der Waals surface area (Å²) in [5.41, 5.74) is 2.17. The van der Waals surface area contributed by atoms with Crippen molar-refractivity contribution in [2.24, 2.45) is 0 Å². The summed E-state index contributed by atoms with van der Waals surface area (Å²) in [5, 5.41) is 12.3. The number of benzene rings is 2. The van der Waals surface area contributed by atoms with Crippen LogP contribution in [0, 0.1) is 0 Å². The molecule has 0 heterocycles. The van der Waals surface area contributed by atoms with Crippen molar-refractivity contribution >= 4 is 11.7 Å². The van der Waals surface area contributed by atoms with Gasteiger partial charge >= 0.3 is 5.97 Å². The first-order valence-corrected chi connectivity index (χ1v) is 7.98. The Balaban J connectivity index is 1.87. The summed E-state index contributed by atoms with van der Waals surface area (Å²) >= 11 is 0. The number of aromatic carboxylic acids is 1. The normalized spacial score (nSPS) is 10.6. The second kappa shape index (κ2) is 8.93. The summed E-state index contributed by atoms with van der Waals surface area (Å²) < 4.78 is 5.76. The molecule has 0 bridgehead atoms. The largest absolute Gasteiger partial charge is 0.493 e. The monoisotopic (exact) mass is 328 g/mol. The van der Waals surface area contributed by atoms with Crippen LogP contribution in [0.3, 0.4) is 0 Å². The van der Waals surface area contributed by atoms with Gasteiger partial charge in [0.25, 0.3) is 0 Å². The molecule has 0 saturated heterocycles. The Labute approximate surface area is 142 Å². The van der Waals surface area contributed by atoms with Crippen LogP contribution in [0.5, 0.6) is 5.75 Å². The number of hydrogen-bond acceptors (Lipinski definition) is 4. The van der Waals surface area contributed by atoms with Crippen LogP contribution in [-0.2, 0) is 6.54 Å². The molecule has 0 fully saturated rings. The lowest BCUT2D eigenvalue weighted by molar-refractivity contribution is 0.0696. The molecular formula is C19H24N2O3. The van der Waals surface area contributed by atoms with E-state index in [1.54, 1.807) is 18.2 Å². The summed E-state index contributed by atoms with van der Waals surface area (Å²) in [6.07, 6.45) is 0.979. The van der Waals surface area contributed by atoms with Crippen LogP contribution < -0.4 is 10.1 Å². The fourth-order valence-corrected chi connectivity index (χ4v) is 2.29.